The van der Waals surface area contributed by atoms with Crippen molar-refractivity contribution in [3.05, 3.63) is 40.6 Å². The fourth-order valence-corrected chi connectivity index (χ4v) is 1.85. The van der Waals surface area contributed by atoms with E-state index in [0.717, 1.165) is 4.47 Å². The summed E-state index contributed by atoms with van der Waals surface area (Å²) >= 11 is 3.35. The Morgan fingerprint density at radius 3 is 3.00 bits per heavy atom. The van der Waals surface area contributed by atoms with Crippen molar-refractivity contribution in [2.45, 2.75) is 13.5 Å². The first kappa shape index (κ1) is 12.6. The molecule has 2 rings (SSSR count). The zero-order chi connectivity index (χ0) is 13.1. The quantitative estimate of drug-likeness (QED) is 0.943. The first-order valence-electron chi connectivity index (χ1n) is 5.24. The fourth-order valence-electron chi connectivity index (χ4n) is 1.47. The molecule has 1 aromatic carbocycles. The molecule has 18 heavy (non-hydrogen) atoms. The van der Waals surface area contributed by atoms with E-state index < -0.39 is 5.97 Å². The van der Waals surface area contributed by atoms with Crippen LogP contribution in [0.1, 0.15) is 5.69 Å². The number of benzene rings is 1. The van der Waals surface area contributed by atoms with Crippen LogP contribution in [-0.2, 0) is 11.3 Å². The van der Waals surface area contributed by atoms with Gasteiger partial charge in [0, 0.05) is 4.47 Å². The average Bonchev–Trinajstić information content (AvgIpc) is 2.61. The zero-order valence-corrected chi connectivity index (χ0v) is 11.2. The van der Waals surface area contributed by atoms with Crippen molar-refractivity contribution in [3.8, 4) is 11.5 Å². The van der Waals surface area contributed by atoms with Gasteiger partial charge in [-0.25, -0.2) is 0 Å². The molecule has 0 amide bonds. The minimum Gasteiger partial charge on any atom is -0.480 e. The Kier molecular flexibility index (Phi) is 3.66. The van der Waals surface area contributed by atoms with Crippen LogP contribution in [0.25, 0.3) is 0 Å². The van der Waals surface area contributed by atoms with Crippen LogP contribution in [0.5, 0.6) is 11.5 Å². The van der Waals surface area contributed by atoms with E-state index in [-0.39, 0.29) is 6.54 Å². The van der Waals surface area contributed by atoms with E-state index in [4.69, 9.17) is 9.84 Å². The minimum absolute atomic E-state index is 0.173. The third-order valence-corrected chi connectivity index (χ3v) is 2.86. The molecular weight excluding hydrogens is 300 g/mol. The third-order valence-electron chi connectivity index (χ3n) is 2.37. The van der Waals surface area contributed by atoms with E-state index in [9.17, 15) is 4.79 Å². The number of nitrogens with zero attached hydrogens (tertiary/aromatic N) is 2. The lowest BCUT2D eigenvalue weighted by Crippen LogP contribution is -2.11. The van der Waals surface area contributed by atoms with Gasteiger partial charge in [0.1, 0.15) is 12.3 Å². The molecule has 0 radical (unpaired) electrons. The van der Waals surface area contributed by atoms with Crippen LogP contribution in [0.2, 0.25) is 0 Å². The minimum atomic E-state index is -0.935. The Morgan fingerprint density at radius 1 is 1.56 bits per heavy atom. The van der Waals surface area contributed by atoms with Crippen LogP contribution >= 0.6 is 15.9 Å². The van der Waals surface area contributed by atoms with Crippen LogP contribution in [0, 0.1) is 6.92 Å². The number of hydrogen-bond donors (Lipinski definition) is 1. The Morgan fingerprint density at radius 2 is 2.33 bits per heavy atom. The summed E-state index contributed by atoms with van der Waals surface area (Å²) in [5, 5.41) is 12.7. The summed E-state index contributed by atoms with van der Waals surface area (Å²) in [6, 6.07) is 7.40. The maximum Gasteiger partial charge on any atom is 0.325 e. The van der Waals surface area contributed by atoms with Gasteiger partial charge in [-0.05, 0) is 25.1 Å². The Balaban J connectivity index is 2.20. The van der Waals surface area contributed by atoms with Gasteiger partial charge in [0.15, 0.2) is 5.75 Å². The number of carboxylic acid groups (broad SMARTS) is 1. The second kappa shape index (κ2) is 5.22. The van der Waals surface area contributed by atoms with E-state index >= 15 is 0 Å². The summed E-state index contributed by atoms with van der Waals surface area (Å²) in [7, 11) is 0. The molecule has 0 saturated heterocycles. The lowest BCUT2D eigenvalue weighted by molar-refractivity contribution is -0.137. The number of aliphatic carboxylic acids is 1. The SMILES string of the molecule is Cc1c(Oc2cccc(Br)c2)cnn1CC(=O)O. The first-order chi connectivity index (χ1) is 8.56. The molecule has 5 nitrogen and oxygen atoms in total. The van der Waals surface area contributed by atoms with Crippen molar-refractivity contribution in [2.75, 3.05) is 0 Å². The molecular formula is C12H11BrN2O3. The van der Waals surface area contributed by atoms with Gasteiger partial charge < -0.3 is 9.84 Å². The predicted molar refractivity (Wildman–Crippen MR) is 68.8 cm³/mol. The van der Waals surface area contributed by atoms with Crippen LogP contribution < -0.4 is 4.74 Å². The number of ether oxygens (including phenoxy) is 1. The number of carbonyl (C=O) groups is 1. The lowest BCUT2D eigenvalue weighted by Gasteiger charge is -2.05. The van der Waals surface area contributed by atoms with Crippen molar-refractivity contribution >= 4 is 21.9 Å². The molecule has 0 saturated carbocycles. The van der Waals surface area contributed by atoms with Crippen LogP contribution in [-0.4, -0.2) is 20.9 Å². The van der Waals surface area contributed by atoms with E-state index in [2.05, 4.69) is 21.0 Å². The molecule has 0 unspecified atom stereocenters. The highest BCUT2D eigenvalue weighted by Crippen LogP contribution is 2.26. The van der Waals surface area contributed by atoms with Gasteiger partial charge in [-0.1, -0.05) is 22.0 Å². The van der Waals surface area contributed by atoms with Crippen LogP contribution in [0.3, 0.4) is 0 Å². The van der Waals surface area contributed by atoms with Gasteiger partial charge in [0.05, 0.1) is 11.9 Å². The van der Waals surface area contributed by atoms with E-state index in [0.29, 0.717) is 17.2 Å². The van der Waals surface area contributed by atoms with Gasteiger partial charge in [0.25, 0.3) is 0 Å². The maximum absolute atomic E-state index is 10.6. The van der Waals surface area contributed by atoms with Crippen LogP contribution in [0.15, 0.2) is 34.9 Å². The highest BCUT2D eigenvalue weighted by atomic mass is 79.9. The Hall–Kier alpha value is -1.82. The number of aromatic nitrogens is 2. The molecule has 6 heteroatoms. The molecule has 94 valence electrons. The second-order valence-corrected chi connectivity index (χ2v) is 4.62. The smallest absolute Gasteiger partial charge is 0.325 e. The molecule has 0 atom stereocenters. The summed E-state index contributed by atoms with van der Waals surface area (Å²) < 4.78 is 7.94. The van der Waals surface area contributed by atoms with Crippen molar-refractivity contribution < 1.29 is 14.6 Å². The molecule has 2 aromatic rings. The van der Waals surface area contributed by atoms with Gasteiger partial charge in [0.2, 0.25) is 0 Å². The summed E-state index contributed by atoms with van der Waals surface area (Å²) in [4.78, 5) is 10.6. The van der Waals surface area contributed by atoms with E-state index in [1.165, 1.54) is 10.9 Å². The van der Waals surface area contributed by atoms with E-state index in [1.807, 2.05) is 24.3 Å². The normalized spacial score (nSPS) is 10.3. The third kappa shape index (κ3) is 2.89. The topological polar surface area (TPSA) is 64.4 Å². The number of hydrogen-bond acceptors (Lipinski definition) is 3. The molecule has 0 aliphatic heterocycles. The highest BCUT2D eigenvalue weighted by molar-refractivity contribution is 9.10. The number of rotatable bonds is 4. The summed E-state index contributed by atoms with van der Waals surface area (Å²) in [6.45, 7) is 1.59. The number of carboxylic acids is 1. The highest BCUT2D eigenvalue weighted by Gasteiger charge is 2.10. The molecule has 1 aromatic heterocycles. The van der Waals surface area contributed by atoms with Crippen molar-refractivity contribution in [2.24, 2.45) is 0 Å². The zero-order valence-electron chi connectivity index (χ0n) is 9.63. The Bertz CT molecular complexity index is 580. The maximum atomic E-state index is 10.6. The molecule has 1 N–H and O–H groups in total. The van der Waals surface area contributed by atoms with E-state index in [1.54, 1.807) is 6.92 Å². The molecule has 0 aliphatic carbocycles. The standard InChI is InChI=1S/C12H11BrN2O3/c1-8-11(6-14-15(8)7-12(16)17)18-10-4-2-3-9(13)5-10/h2-6H,7H2,1H3,(H,16,17). The van der Waals surface area contributed by atoms with Crippen molar-refractivity contribution in [1.29, 1.82) is 0 Å². The van der Waals surface area contributed by atoms with Crippen molar-refractivity contribution in [1.82, 2.24) is 9.78 Å². The summed E-state index contributed by atoms with van der Waals surface area (Å²) in [5.41, 5.74) is 0.678. The molecule has 1 heterocycles. The fraction of sp³-hybridized carbons (Fsp3) is 0.167. The molecule has 0 fully saturated rings. The largest absolute Gasteiger partial charge is 0.480 e. The van der Waals surface area contributed by atoms with Crippen molar-refractivity contribution in [3.63, 3.8) is 0 Å². The second-order valence-electron chi connectivity index (χ2n) is 3.71. The van der Waals surface area contributed by atoms with Gasteiger partial charge in [-0.2, -0.15) is 5.10 Å². The van der Waals surface area contributed by atoms with Crippen LogP contribution in [0.4, 0.5) is 0 Å². The molecule has 0 spiro atoms. The average molecular weight is 311 g/mol. The lowest BCUT2D eigenvalue weighted by atomic mass is 10.3. The monoisotopic (exact) mass is 310 g/mol. The Labute approximate surface area is 112 Å². The first-order valence-corrected chi connectivity index (χ1v) is 6.03. The van der Waals surface area contributed by atoms with Gasteiger partial charge >= 0.3 is 5.97 Å². The number of halogens is 1. The summed E-state index contributed by atoms with van der Waals surface area (Å²) in [6.07, 6.45) is 1.51. The summed E-state index contributed by atoms with van der Waals surface area (Å²) in [5.74, 6) is 0.284. The molecule has 0 aliphatic rings. The molecule has 0 bridgehead atoms. The predicted octanol–water partition coefficient (Wildman–Crippen LogP) is 2.83. The van der Waals surface area contributed by atoms with Gasteiger partial charge in [-0.15, -0.1) is 0 Å². The van der Waals surface area contributed by atoms with Gasteiger partial charge in [-0.3, -0.25) is 9.48 Å².